The predicted octanol–water partition coefficient (Wildman–Crippen LogP) is -0.523. The van der Waals surface area contributed by atoms with E-state index in [1.807, 2.05) is 0 Å². The smallest absolute Gasteiger partial charge is 0.293 e. The van der Waals surface area contributed by atoms with E-state index < -0.39 is 17.7 Å². The first-order chi connectivity index (χ1) is 4.04. The molecule has 0 N–H and O–H groups in total. The molecule has 59 valence electrons. The van der Waals surface area contributed by atoms with Crippen LogP contribution in [0.25, 0.3) is 0 Å². The zero-order valence-corrected chi connectivity index (χ0v) is 7.57. The van der Waals surface area contributed by atoms with Gasteiger partial charge in [-0.15, -0.1) is 0 Å². The van der Waals surface area contributed by atoms with Gasteiger partial charge in [-0.25, -0.2) is 0 Å². The molecule has 0 saturated heterocycles. The Morgan fingerprint density at radius 2 is 1.70 bits per heavy atom. The van der Waals surface area contributed by atoms with Crippen LogP contribution in [0.2, 0.25) is 0 Å². The summed E-state index contributed by atoms with van der Waals surface area (Å²) < 4.78 is 3.82. The number of rotatable bonds is 1. The summed E-state index contributed by atoms with van der Waals surface area (Å²) in [5.74, 6) is -3.05. The normalized spacial score (nSPS) is 7.30. The van der Waals surface area contributed by atoms with Gasteiger partial charge in [-0.3, -0.25) is 4.79 Å². The SMILES string of the molecule is [CH2-]C(=O)C(=O)OC(C)=O.[Ir]. The topological polar surface area (TPSA) is 60.4 Å². The van der Waals surface area contributed by atoms with Gasteiger partial charge in [0.15, 0.2) is 0 Å². The summed E-state index contributed by atoms with van der Waals surface area (Å²) in [5.41, 5.74) is 0. The van der Waals surface area contributed by atoms with Crippen LogP contribution in [0.4, 0.5) is 0 Å². The number of Topliss-reactive ketones (excluding diaryl/α,β-unsaturated/α-hetero) is 1. The van der Waals surface area contributed by atoms with E-state index in [2.05, 4.69) is 11.7 Å². The van der Waals surface area contributed by atoms with Crippen molar-refractivity contribution in [3.05, 3.63) is 6.92 Å². The van der Waals surface area contributed by atoms with Crippen molar-refractivity contribution in [1.29, 1.82) is 0 Å². The minimum Gasteiger partial charge on any atom is -0.481 e. The predicted molar refractivity (Wildman–Crippen MR) is 27.1 cm³/mol. The van der Waals surface area contributed by atoms with Crippen molar-refractivity contribution >= 4 is 17.7 Å². The first kappa shape index (κ1) is 12.0. The molecule has 10 heavy (non-hydrogen) atoms. The molecule has 0 aliphatic heterocycles. The molecule has 0 aromatic heterocycles. The number of carbonyl (C=O) groups is 3. The average Bonchev–Trinajstić information content (AvgIpc) is 1.63. The van der Waals surface area contributed by atoms with Crippen molar-refractivity contribution in [1.82, 2.24) is 0 Å². The van der Waals surface area contributed by atoms with E-state index in [0.29, 0.717) is 0 Å². The fourth-order valence-electron chi connectivity index (χ4n) is 0.187. The second-order valence-corrected chi connectivity index (χ2v) is 1.30. The van der Waals surface area contributed by atoms with E-state index in [4.69, 9.17) is 0 Å². The standard InChI is InChI=1S/C5H5O4.Ir/c1-3(6)5(8)9-4(2)7;/h1H2,2H3;/q-1;. The molecule has 0 heterocycles. The van der Waals surface area contributed by atoms with Crippen molar-refractivity contribution in [3.63, 3.8) is 0 Å². The summed E-state index contributed by atoms with van der Waals surface area (Å²) in [6.45, 7) is 3.75. The Balaban J connectivity index is 0. The number of esters is 2. The third-order valence-electron chi connectivity index (χ3n) is 0.464. The first-order valence-corrected chi connectivity index (χ1v) is 2.12. The fourth-order valence-corrected chi connectivity index (χ4v) is 0.187. The molecule has 0 aromatic carbocycles. The van der Waals surface area contributed by atoms with Gasteiger partial charge in [0.2, 0.25) is 5.97 Å². The molecule has 0 atom stereocenters. The van der Waals surface area contributed by atoms with Crippen LogP contribution in [-0.2, 0) is 39.2 Å². The third kappa shape index (κ3) is 5.47. The molecular weight excluding hydrogens is 316 g/mol. The third-order valence-corrected chi connectivity index (χ3v) is 0.464. The van der Waals surface area contributed by atoms with Crippen LogP contribution in [-0.4, -0.2) is 17.7 Å². The van der Waals surface area contributed by atoms with E-state index in [1.54, 1.807) is 0 Å². The second-order valence-electron chi connectivity index (χ2n) is 1.30. The van der Waals surface area contributed by atoms with Gasteiger partial charge in [0.05, 0.1) is 5.78 Å². The van der Waals surface area contributed by atoms with Gasteiger partial charge in [-0.05, 0) is 0 Å². The summed E-state index contributed by atoms with van der Waals surface area (Å²) in [6, 6.07) is 0. The van der Waals surface area contributed by atoms with Crippen molar-refractivity contribution in [2.24, 2.45) is 0 Å². The van der Waals surface area contributed by atoms with Crippen LogP contribution in [0.5, 0.6) is 0 Å². The molecule has 4 nitrogen and oxygen atoms in total. The van der Waals surface area contributed by atoms with E-state index in [1.165, 1.54) is 0 Å². The van der Waals surface area contributed by atoms with Gasteiger partial charge >= 0.3 is 0 Å². The van der Waals surface area contributed by atoms with Gasteiger partial charge in [-0.2, -0.15) is 6.92 Å². The molecular formula is C5H5IrO4-. The fraction of sp³-hybridized carbons (Fsp3) is 0.200. The van der Waals surface area contributed by atoms with Crippen LogP contribution >= 0.6 is 0 Å². The molecule has 0 unspecified atom stereocenters. The minimum atomic E-state index is -1.22. The number of carbonyl (C=O) groups excluding carboxylic acids is 3. The first-order valence-electron chi connectivity index (χ1n) is 2.12. The molecule has 0 aliphatic carbocycles. The molecule has 0 fully saturated rings. The summed E-state index contributed by atoms with van der Waals surface area (Å²) in [5, 5.41) is 0. The Hall–Kier alpha value is -0.671. The summed E-state index contributed by atoms with van der Waals surface area (Å²) in [6.07, 6.45) is 0. The minimum absolute atomic E-state index is 0. The maximum absolute atomic E-state index is 10.1. The van der Waals surface area contributed by atoms with Crippen LogP contribution < -0.4 is 0 Å². The number of hydrogen-bond acceptors (Lipinski definition) is 4. The quantitative estimate of drug-likeness (QED) is 0.282. The zero-order chi connectivity index (χ0) is 7.44. The van der Waals surface area contributed by atoms with Crippen molar-refractivity contribution in [2.45, 2.75) is 6.92 Å². The second kappa shape index (κ2) is 5.14. The maximum Gasteiger partial charge on any atom is 0.293 e. The van der Waals surface area contributed by atoms with Crippen LogP contribution in [0.1, 0.15) is 6.92 Å². The van der Waals surface area contributed by atoms with Crippen LogP contribution in [0, 0.1) is 6.92 Å². The monoisotopic (exact) mass is 322 g/mol. The number of ether oxygens (including phenoxy) is 1. The van der Waals surface area contributed by atoms with E-state index in [0.717, 1.165) is 6.92 Å². The Morgan fingerprint density at radius 3 is 1.80 bits per heavy atom. The van der Waals surface area contributed by atoms with Gasteiger partial charge < -0.3 is 14.3 Å². The van der Waals surface area contributed by atoms with Gasteiger partial charge in [0.1, 0.15) is 0 Å². The van der Waals surface area contributed by atoms with E-state index in [-0.39, 0.29) is 20.1 Å². The van der Waals surface area contributed by atoms with E-state index in [9.17, 15) is 14.4 Å². The summed E-state index contributed by atoms with van der Waals surface area (Å²) in [7, 11) is 0. The molecule has 0 rings (SSSR count). The molecule has 1 radical (unpaired) electrons. The molecule has 0 spiro atoms. The molecule has 0 amide bonds. The number of hydrogen-bond donors (Lipinski definition) is 0. The summed E-state index contributed by atoms with van der Waals surface area (Å²) >= 11 is 0. The summed E-state index contributed by atoms with van der Waals surface area (Å²) in [4.78, 5) is 30.0. The van der Waals surface area contributed by atoms with E-state index >= 15 is 0 Å². The average molecular weight is 321 g/mol. The molecule has 5 heteroatoms. The molecule has 0 aliphatic rings. The van der Waals surface area contributed by atoms with Gasteiger partial charge in [0.25, 0.3) is 5.97 Å². The zero-order valence-electron chi connectivity index (χ0n) is 5.17. The Morgan fingerprint density at radius 1 is 1.30 bits per heavy atom. The molecule has 0 bridgehead atoms. The molecule has 0 saturated carbocycles. The van der Waals surface area contributed by atoms with Gasteiger partial charge in [0, 0.05) is 27.0 Å². The van der Waals surface area contributed by atoms with Crippen LogP contribution in [0.15, 0.2) is 0 Å². The Bertz CT molecular complexity index is 163. The van der Waals surface area contributed by atoms with Gasteiger partial charge in [-0.1, -0.05) is 0 Å². The largest absolute Gasteiger partial charge is 0.481 e. The van der Waals surface area contributed by atoms with Crippen molar-refractivity contribution in [2.75, 3.05) is 0 Å². The van der Waals surface area contributed by atoms with Crippen LogP contribution in [0.3, 0.4) is 0 Å². The Kier molecular flexibility index (Phi) is 6.19. The van der Waals surface area contributed by atoms with Crippen molar-refractivity contribution < 1.29 is 39.2 Å². The Labute approximate surface area is 71.3 Å². The van der Waals surface area contributed by atoms with Crippen molar-refractivity contribution in [3.8, 4) is 0 Å². The number of ketones is 1. The maximum atomic E-state index is 10.1. The molecule has 0 aromatic rings.